The molecule has 14 nitrogen and oxygen atoms in total. The molecule has 2 rings (SSSR count). The number of rotatable bonds is 6. The molecule has 0 saturated carbocycles. The summed E-state index contributed by atoms with van der Waals surface area (Å²) >= 11 is 0. The molecular formula is C9H12FN2O12PS. The molecular weight excluding hydrogens is 410 g/mol. The average molecular weight is 422 g/mol. The largest absolute Gasteiger partial charge is 0.488 e. The number of aliphatic hydroxyl groups is 2. The number of nitrogens with zero attached hydrogens (tertiary/aromatic N) is 1. The predicted molar refractivity (Wildman–Crippen MR) is 75.6 cm³/mol. The molecule has 0 radical (unpaired) electrons. The van der Waals surface area contributed by atoms with Crippen LogP contribution in [0.15, 0.2) is 15.8 Å². The van der Waals surface area contributed by atoms with Crippen LogP contribution in [0.25, 0.3) is 0 Å². The first kappa shape index (κ1) is 20.8. The third kappa shape index (κ3) is 4.81. The molecule has 148 valence electrons. The van der Waals surface area contributed by atoms with E-state index in [9.17, 15) is 37.2 Å². The summed E-state index contributed by atoms with van der Waals surface area (Å²) in [7, 11) is -10.6. The molecule has 1 aromatic rings. The van der Waals surface area contributed by atoms with Crippen molar-refractivity contribution >= 4 is 18.2 Å². The van der Waals surface area contributed by atoms with Crippen LogP contribution in [0.1, 0.15) is 6.23 Å². The fourth-order valence-electron chi connectivity index (χ4n) is 2.05. The lowest BCUT2D eigenvalue weighted by molar-refractivity contribution is -0.0544. The second-order valence-corrected chi connectivity index (χ2v) is 7.60. The second-order valence-electron chi connectivity index (χ2n) is 4.96. The molecule has 1 fully saturated rings. The van der Waals surface area contributed by atoms with Crippen LogP contribution in [0.4, 0.5) is 4.39 Å². The zero-order chi connectivity index (χ0) is 19.9. The topological polar surface area (TPSA) is 215 Å². The number of ether oxygens (including phenoxy) is 1. The highest BCUT2D eigenvalue weighted by molar-refractivity contribution is 7.85. The van der Waals surface area contributed by atoms with E-state index < -0.39 is 66.4 Å². The zero-order valence-corrected chi connectivity index (χ0v) is 14.0. The molecule has 0 bridgehead atoms. The average Bonchev–Trinajstić information content (AvgIpc) is 2.75. The third-order valence-corrected chi connectivity index (χ3v) is 5.11. The lowest BCUT2D eigenvalue weighted by Gasteiger charge is -2.17. The molecule has 1 aromatic heterocycles. The van der Waals surface area contributed by atoms with Crippen molar-refractivity contribution in [3.8, 4) is 0 Å². The number of aliphatic hydroxyl groups excluding tert-OH is 2. The van der Waals surface area contributed by atoms with Gasteiger partial charge in [-0.2, -0.15) is 12.8 Å². The standard InChI is InChI=1S/C9H12FN2O12PS/c10-3-1-12(9(16)11-7(3)15)8-6(14)5(13)4(23-8)2-22-25(17,18)24-26(19,20)21/h1,4-6,8,13-14H,2H2,(H,17,18)(H,11,15,16)(H,19,20,21)/t4-,5-,6-,8-/m1/s1. The van der Waals surface area contributed by atoms with Gasteiger partial charge in [-0.05, 0) is 0 Å². The van der Waals surface area contributed by atoms with Crippen molar-refractivity contribution in [1.82, 2.24) is 9.55 Å². The Morgan fingerprint density at radius 2 is 1.96 bits per heavy atom. The van der Waals surface area contributed by atoms with Gasteiger partial charge in [0, 0.05) is 0 Å². The maximum absolute atomic E-state index is 13.3. The Labute approximate surface area is 142 Å². The Hall–Kier alpha value is -1.49. The Balaban J connectivity index is 2.15. The summed E-state index contributed by atoms with van der Waals surface area (Å²) in [5.74, 6) is -1.39. The number of aromatic amines is 1. The Bertz CT molecular complexity index is 943. The molecule has 26 heavy (non-hydrogen) atoms. The molecule has 1 saturated heterocycles. The van der Waals surface area contributed by atoms with E-state index in [-0.39, 0.29) is 0 Å². The van der Waals surface area contributed by atoms with Crippen molar-refractivity contribution in [2.75, 3.05) is 6.61 Å². The van der Waals surface area contributed by atoms with Crippen LogP contribution in [-0.2, 0) is 28.2 Å². The number of aromatic nitrogens is 2. The summed E-state index contributed by atoms with van der Waals surface area (Å²) in [6, 6.07) is 0. The molecule has 0 aliphatic carbocycles. The van der Waals surface area contributed by atoms with E-state index in [1.54, 1.807) is 4.98 Å². The van der Waals surface area contributed by atoms with Gasteiger partial charge in [0.15, 0.2) is 6.23 Å². The first-order valence-electron chi connectivity index (χ1n) is 6.49. The Kier molecular flexibility index (Phi) is 5.81. The van der Waals surface area contributed by atoms with E-state index in [1.807, 2.05) is 0 Å². The maximum atomic E-state index is 13.3. The molecule has 1 aliphatic heterocycles. The quantitative estimate of drug-likeness (QED) is 0.233. The van der Waals surface area contributed by atoms with Crippen molar-refractivity contribution < 1.29 is 50.3 Å². The highest BCUT2D eigenvalue weighted by Gasteiger charge is 2.45. The fraction of sp³-hybridized carbons (Fsp3) is 0.556. The van der Waals surface area contributed by atoms with Crippen LogP contribution < -0.4 is 11.2 Å². The number of nitrogens with one attached hydrogen (secondary N) is 1. The van der Waals surface area contributed by atoms with Gasteiger partial charge in [0.1, 0.15) is 18.3 Å². The van der Waals surface area contributed by atoms with E-state index in [1.165, 1.54) is 0 Å². The van der Waals surface area contributed by atoms with Crippen LogP contribution in [0.3, 0.4) is 0 Å². The van der Waals surface area contributed by atoms with Crippen molar-refractivity contribution in [3.05, 3.63) is 32.9 Å². The van der Waals surface area contributed by atoms with Gasteiger partial charge in [0.05, 0.1) is 12.8 Å². The molecule has 0 spiro atoms. The fourth-order valence-corrected chi connectivity index (χ4v) is 3.51. The summed E-state index contributed by atoms with van der Waals surface area (Å²) in [4.78, 5) is 33.3. The summed E-state index contributed by atoms with van der Waals surface area (Å²) < 4.78 is 66.7. The normalized spacial score (nSPS) is 28.8. The minimum atomic E-state index is -5.33. The highest BCUT2D eigenvalue weighted by Crippen LogP contribution is 2.45. The van der Waals surface area contributed by atoms with Gasteiger partial charge in [-0.3, -0.25) is 23.4 Å². The van der Waals surface area contributed by atoms with Crippen molar-refractivity contribution in [1.29, 1.82) is 0 Å². The van der Waals surface area contributed by atoms with Gasteiger partial charge in [0.25, 0.3) is 5.56 Å². The van der Waals surface area contributed by atoms with Gasteiger partial charge in [-0.15, -0.1) is 3.97 Å². The van der Waals surface area contributed by atoms with E-state index in [2.05, 4.69) is 8.49 Å². The molecule has 0 amide bonds. The zero-order valence-electron chi connectivity index (χ0n) is 12.3. The van der Waals surface area contributed by atoms with Gasteiger partial charge in [-0.25, -0.2) is 9.36 Å². The van der Waals surface area contributed by atoms with Crippen LogP contribution in [0, 0.1) is 5.82 Å². The van der Waals surface area contributed by atoms with Gasteiger partial charge >= 0.3 is 23.9 Å². The molecule has 5 atom stereocenters. The van der Waals surface area contributed by atoms with E-state index in [4.69, 9.17) is 14.2 Å². The highest BCUT2D eigenvalue weighted by atomic mass is 32.3. The Morgan fingerprint density at radius 3 is 2.54 bits per heavy atom. The van der Waals surface area contributed by atoms with Crippen LogP contribution in [0.2, 0.25) is 0 Å². The second kappa shape index (κ2) is 7.26. The van der Waals surface area contributed by atoms with Gasteiger partial charge in [-0.1, -0.05) is 0 Å². The van der Waals surface area contributed by atoms with Gasteiger partial charge in [0.2, 0.25) is 5.82 Å². The monoisotopic (exact) mass is 422 g/mol. The van der Waals surface area contributed by atoms with Gasteiger partial charge < -0.3 is 19.8 Å². The number of phosphoric ester groups is 1. The number of hydrogen-bond acceptors (Lipinski definition) is 10. The molecule has 1 aliphatic rings. The number of H-pyrrole nitrogens is 1. The lowest BCUT2D eigenvalue weighted by Crippen LogP contribution is -2.38. The first-order valence-corrected chi connectivity index (χ1v) is 9.35. The molecule has 0 aromatic carbocycles. The molecule has 1 unspecified atom stereocenters. The number of hydrogen-bond donors (Lipinski definition) is 5. The van der Waals surface area contributed by atoms with Crippen molar-refractivity contribution in [3.63, 3.8) is 0 Å². The van der Waals surface area contributed by atoms with Crippen molar-refractivity contribution in [2.24, 2.45) is 0 Å². The molecule has 5 N–H and O–H groups in total. The smallest absolute Gasteiger partial charge is 0.387 e. The number of halogens is 1. The Morgan fingerprint density at radius 1 is 1.35 bits per heavy atom. The first-order chi connectivity index (χ1) is 11.8. The predicted octanol–water partition coefficient (Wildman–Crippen LogP) is -2.77. The summed E-state index contributed by atoms with van der Waals surface area (Å²) in [6.45, 7) is -1.03. The maximum Gasteiger partial charge on any atom is 0.488 e. The minimum Gasteiger partial charge on any atom is -0.387 e. The minimum absolute atomic E-state index is 0.406. The summed E-state index contributed by atoms with van der Waals surface area (Å²) in [6.07, 6.45) is -6.58. The SMILES string of the molecule is O=c1[nH]c(=O)n([C@@H]2O[C@H](COP(=O)(O)OS(=O)(=O)O)[C@@H](O)[C@H]2O)cc1F. The molecule has 2 heterocycles. The summed E-state index contributed by atoms with van der Waals surface area (Å²) in [5.41, 5.74) is -2.51. The van der Waals surface area contributed by atoms with E-state index in [0.29, 0.717) is 10.8 Å². The van der Waals surface area contributed by atoms with Crippen molar-refractivity contribution in [2.45, 2.75) is 24.5 Å². The van der Waals surface area contributed by atoms with Crippen LogP contribution in [0.5, 0.6) is 0 Å². The van der Waals surface area contributed by atoms with Crippen LogP contribution in [-0.4, -0.2) is 62.5 Å². The van der Waals surface area contributed by atoms with Crippen LogP contribution >= 0.6 is 7.82 Å². The number of phosphoric acid groups is 1. The lowest BCUT2D eigenvalue weighted by atomic mass is 10.1. The molecule has 17 heteroatoms. The van der Waals surface area contributed by atoms with E-state index in [0.717, 1.165) is 0 Å². The third-order valence-electron chi connectivity index (χ3n) is 3.13. The van der Waals surface area contributed by atoms with E-state index >= 15 is 0 Å². The summed E-state index contributed by atoms with van der Waals surface area (Å²) in [5, 5.41) is 19.7.